The molecule has 0 spiro atoms. The number of nitrogens with zero attached hydrogens (tertiary/aromatic N) is 2. The molecule has 2 aromatic carbocycles. The van der Waals surface area contributed by atoms with Gasteiger partial charge in [-0.05, 0) is 42.0 Å². The van der Waals surface area contributed by atoms with Crippen LogP contribution in [0.5, 0.6) is 17.2 Å². The third-order valence-corrected chi connectivity index (χ3v) is 5.29. The van der Waals surface area contributed by atoms with Crippen LogP contribution in [0.25, 0.3) is 0 Å². The van der Waals surface area contributed by atoms with Crippen molar-refractivity contribution in [3.63, 3.8) is 0 Å². The van der Waals surface area contributed by atoms with Crippen molar-refractivity contribution in [1.82, 2.24) is 15.5 Å². The molecule has 2 amide bonds. The van der Waals surface area contributed by atoms with Gasteiger partial charge in [-0.3, -0.25) is 9.59 Å². The molecule has 0 saturated carbocycles. The van der Waals surface area contributed by atoms with Crippen LogP contribution in [0, 0.1) is 0 Å². The number of fused-ring (bicyclic) bond motifs is 1. The van der Waals surface area contributed by atoms with Crippen molar-refractivity contribution in [1.29, 1.82) is 0 Å². The summed E-state index contributed by atoms with van der Waals surface area (Å²) in [5.41, 5.74) is 1.50. The quantitative estimate of drug-likeness (QED) is 0.503. The normalized spacial score (nSPS) is 11.8. The first-order valence-corrected chi connectivity index (χ1v) is 10.4. The molecule has 166 valence electrons. The van der Waals surface area contributed by atoms with Gasteiger partial charge in [-0.2, -0.15) is 0 Å². The predicted octanol–water partition coefficient (Wildman–Crippen LogP) is 2.36. The minimum absolute atomic E-state index is 0.0743. The Hall–Kier alpha value is -3.70. The Morgan fingerprint density at radius 1 is 1.09 bits per heavy atom. The van der Waals surface area contributed by atoms with Gasteiger partial charge < -0.3 is 29.6 Å². The van der Waals surface area contributed by atoms with Gasteiger partial charge in [-0.25, -0.2) is 0 Å². The molecule has 0 radical (unpaired) electrons. The summed E-state index contributed by atoms with van der Waals surface area (Å²) in [5.74, 6) is 1.40. The molecule has 0 aliphatic carbocycles. The zero-order chi connectivity index (χ0) is 22.3. The summed E-state index contributed by atoms with van der Waals surface area (Å²) >= 11 is 1.10. The molecule has 0 atom stereocenters. The van der Waals surface area contributed by atoms with Gasteiger partial charge in [0.15, 0.2) is 11.5 Å². The molecule has 0 bridgehead atoms. The molecule has 11 heteroatoms. The summed E-state index contributed by atoms with van der Waals surface area (Å²) in [6, 6.07) is 12.4. The Balaban J connectivity index is 1.19. The van der Waals surface area contributed by atoms with Gasteiger partial charge in [0.05, 0.1) is 7.11 Å². The highest BCUT2D eigenvalue weighted by Crippen LogP contribution is 2.32. The number of benzene rings is 2. The fourth-order valence-corrected chi connectivity index (χ4v) is 3.47. The number of carbonyl (C=O) groups is 2. The van der Waals surface area contributed by atoms with Gasteiger partial charge in [-0.1, -0.05) is 17.4 Å². The minimum atomic E-state index is -0.375. The van der Waals surface area contributed by atoms with Crippen molar-refractivity contribution in [3.05, 3.63) is 58.0 Å². The maximum atomic E-state index is 12.3. The number of anilines is 1. The number of hydrogen-bond donors (Lipinski definition) is 2. The number of carbonyl (C=O) groups excluding carboxylic acids is 2. The summed E-state index contributed by atoms with van der Waals surface area (Å²) in [5, 5.41) is 14.0. The highest BCUT2D eigenvalue weighted by Gasteiger charge is 2.15. The second-order valence-electron chi connectivity index (χ2n) is 6.64. The van der Waals surface area contributed by atoms with Crippen molar-refractivity contribution < 1.29 is 28.5 Å². The van der Waals surface area contributed by atoms with E-state index in [9.17, 15) is 9.59 Å². The molecule has 4 rings (SSSR count). The smallest absolute Gasteiger partial charge is 0.286 e. The largest absolute Gasteiger partial charge is 0.497 e. The lowest BCUT2D eigenvalue weighted by Crippen LogP contribution is -2.27. The van der Waals surface area contributed by atoms with E-state index in [4.69, 9.17) is 18.9 Å². The summed E-state index contributed by atoms with van der Waals surface area (Å²) < 4.78 is 21.0. The van der Waals surface area contributed by atoms with E-state index in [1.165, 1.54) is 0 Å². The lowest BCUT2D eigenvalue weighted by atomic mass is 10.2. The Kier molecular flexibility index (Phi) is 6.78. The molecule has 1 aromatic heterocycles. The number of amides is 2. The first kappa shape index (κ1) is 21.5. The van der Waals surface area contributed by atoms with Crippen LogP contribution in [0.15, 0.2) is 42.5 Å². The standard InChI is InChI=1S/C21H20N4O6S/c1-28-15-5-3-14(4-6-15)23-20(27)21-25-24-19(32-21)11-29-10-18(26)22-9-13-2-7-16-17(8-13)31-12-30-16/h2-8H,9-12H2,1H3,(H,22,26)(H,23,27). The number of aromatic nitrogens is 2. The van der Waals surface area contributed by atoms with E-state index in [1.54, 1.807) is 37.4 Å². The maximum absolute atomic E-state index is 12.3. The van der Waals surface area contributed by atoms with Crippen LogP contribution in [0.2, 0.25) is 0 Å². The van der Waals surface area contributed by atoms with Crippen LogP contribution >= 0.6 is 11.3 Å². The summed E-state index contributed by atoms with van der Waals surface area (Å²) in [6.45, 7) is 0.477. The first-order chi connectivity index (χ1) is 15.6. The Morgan fingerprint density at radius 3 is 2.72 bits per heavy atom. The molecule has 0 saturated heterocycles. The molecule has 3 aromatic rings. The zero-order valence-electron chi connectivity index (χ0n) is 17.1. The van der Waals surface area contributed by atoms with Crippen molar-refractivity contribution in [3.8, 4) is 17.2 Å². The fraction of sp³-hybridized carbons (Fsp3) is 0.238. The van der Waals surface area contributed by atoms with Crippen LogP contribution in [0.4, 0.5) is 5.69 Å². The van der Waals surface area contributed by atoms with E-state index in [1.807, 2.05) is 12.1 Å². The molecule has 2 N–H and O–H groups in total. The lowest BCUT2D eigenvalue weighted by molar-refractivity contribution is -0.126. The SMILES string of the molecule is COc1ccc(NC(=O)c2nnc(COCC(=O)NCc3ccc4c(c3)OCO4)s2)cc1. The number of hydrogen-bond acceptors (Lipinski definition) is 9. The monoisotopic (exact) mass is 456 g/mol. The second kappa shape index (κ2) is 10.1. The van der Waals surface area contributed by atoms with Gasteiger partial charge in [0.25, 0.3) is 5.91 Å². The Morgan fingerprint density at radius 2 is 1.91 bits per heavy atom. The van der Waals surface area contributed by atoms with Gasteiger partial charge in [-0.15, -0.1) is 10.2 Å². The maximum Gasteiger partial charge on any atom is 0.286 e. The van der Waals surface area contributed by atoms with Crippen molar-refractivity contribution in [2.45, 2.75) is 13.2 Å². The zero-order valence-corrected chi connectivity index (χ0v) is 17.9. The molecular weight excluding hydrogens is 436 g/mol. The average molecular weight is 456 g/mol. The van der Waals surface area contributed by atoms with Crippen LogP contribution < -0.4 is 24.8 Å². The molecule has 10 nitrogen and oxygen atoms in total. The highest BCUT2D eigenvalue weighted by molar-refractivity contribution is 7.13. The Labute approximate surface area is 187 Å². The van der Waals surface area contributed by atoms with E-state index in [0.717, 1.165) is 16.9 Å². The highest BCUT2D eigenvalue weighted by atomic mass is 32.1. The second-order valence-corrected chi connectivity index (χ2v) is 7.70. The third-order valence-electron chi connectivity index (χ3n) is 4.39. The lowest BCUT2D eigenvalue weighted by Gasteiger charge is -2.06. The number of methoxy groups -OCH3 is 1. The Bertz CT molecular complexity index is 1100. The van der Waals surface area contributed by atoms with Crippen LogP contribution in [-0.2, 0) is 22.7 Å². The molecule has 1 aliphatic rings. The predicted molar refractivity (Wildman–Crippen MR) is 115 cm³/mol. The van der Waals surface area contributed by atoms with Crippen molar-refractivity contribution in [2.75, 3.05) is 25.8 Å². The van der Waals surface area contributed by atoms with Gasteiger partial charge in [0, 0.05) is 12.2 Å². The molecule has 2 heterocycles. The number of ether oxygens (including phenoxy) is 4. The van der Waals surface area contributed by atoms with Gasteiger partial charge in [0.1, 0.15) is 24.0 Å². The summed E-state index contributed by atoms with van der Waals surface area (Å²) in [4.78, 5) is 24.3. The molecule has 0 unspecified atom stereocenters. The van der Waals surface area contributed by atoms with E-state index in [2.05, 4.69) is 20.8 Å². The molecule has 0 fully saturated rings. The first-order valence-electron chi connectivity index (χ1n) is 9.61. The van der Waals surface area contributed by atoms with Crippen LogP contribution in [0.1, 0.15) is 20.4 Å². The van der Waals surface area contributed by atoms with Crippen molar-refractivity contribution in [2.24, 2.45) is 0 Å². The summed E-state index contributed by atoms with van der Waals surface area (Å²) in [7, 11) is 1.57. The topological polar surface area (TPSA) is 121 Å². The average Bonchev–Trinajstić information content (AvgIpc) is 3.47. The molecule has 32 heavy (non-hydrogen) atoms. The van der Waals surface area contributed by atoms with E-state index < -0.39 is 0 Å². The minimum Gasteiger partial charge on any atom is -0.497 e. The fourth-order valence-electron chi connectivity index (χ4n) is 2.80. The third kappa shape index (κ3) is 5.50. The van der Waals surface area contributed by atoms with Crippen LogP contribution in [0.3, 0.4) is 0 Å². The molecule has 1 aliphatic heterocycles. The molecular formula is C21H20N4O6S. The van der Waals surface area contributed by atoms with Gasteiger partial charge in [0.2, 0.25) is 17.7 Å². The number of nitrogens with one attached hydrogen (secondary N) is 2. The van der Waals surface area contributed by atoms with Gasteiger partial charge >= 0.3 is 0 Å². The van der Waals surface area contributed by atoms with E-state index >= 15 is 0 Å². The summed E-state index contributed by atoms with van der Waals surface area (Å²) in [6.07, 6.45) is 0. The van der Waals surface area contributed by atoms with Crippen LogP contribution in [-0.4, -0.2) is 42.5 Å². The van der Waals surface area contributed by atoms with Crippen molar-refractivity contribution >= 4 is 28.8 Å². The van der Waals surface area contributed by atoms with E-state index in [-0.39, 0.29) is 36.8 Å². The number of rotatable bonds is 9. The van der Waals surface area contributed by atoms with E-state index in [0.29, 0.717) is 34.5 Å².